The van der Waals surface area contributed by atoms with Crippen LogP contribution in [0.15, 0.2) is 11.1 Å². The molecule has 0 nitrogen and oxygen atoms in total. The predicted molar refractivity (Wildman–Crippen MR) is 68.2 cm³/mol. The molecule has 4 heteroatoms. The van der Waals surface area contributed by atoms with Gasteiger partial charge in [0.05, 0.1) is 5.38 Å². The number of hydrogen-bond donors (Lipinski definition) is 0. The molecule has 16 heavy (non-hydrogen) atoms. The van der Waals surface area contributed by atoms with Crippen LogP contribution >= 0.6 is 46.4 Å². The molecule has 0 amide bonds. The summed E-state index contributed by atoms with van der Waals surface area (Å²) < 4.78 is -0.444. The number of rotatable bonds is 0. The molecule has 4 aliphatic carbocycles. The molecular formula is C12H12Cl4. The van der Waals surface area contributed by atoms with Gasteiger partial charge in [-0.2, -0.15) is 0 Å². The highest BCUT2D eigenvalue weighted by Crippen LogP contribution is 2.76. The minimum atomic E-state index is -0.444. The Morgan fingerprint density at radius 3 is 2.69 bits per heavy atom. The molecule has 0 N–H and O–H groups in total. The zero-order chi connectivity index (χ0) is 11.2. The molecule has 3 saturated carbocycles. The van der Waals surface area contributed by atoms with Gasteiger partial charge >= 0.3 is 0 Å². The van der Waals surface area contributed by atoms with Gasteiger partial charge in [-0.1, -0.05) is 17.7 Å². The second-order valence-corrected chi connectivity index (χ2v) is 8.15. The van der Waals surface area contributed by atoms with Crippen LogP contribution in [0.5, 0.6) is 0 Å². The molecule has 0 heterocycles. The van der Waals surface area contributed by atoms with E-state index in [1.165, 1.54) is 6.42 Å². The van der Waals surface area contributed by atoms with Crippen LogP contribution in [-0.4, -0.2) is 9.71 Å². The fourth-order valence-corrected chi connectivity index (χ4v) is 6.27. The number of alkyl halides is 3. The molecule has 7 atom stereocenters. The summed E-state index contributed by atoms with van der Waals surface area (Å²) in [7, 11) is 0. The van der Waals surface area contributed by atoms with Crippen LogP contribution in [0.3, 0.4) is 0 Å². The molecule has 0 radical (unpaired) electrons. The van der Waals surface area contributed by atoms with Crippen molar-refractivity contribution in [1.82, 2.24) is 0 Å². The van der Waals surface area contributed by atoms with Crippen LogP contribution in [0.25, 0.3) is 0 Å². The monoisotopic (exact) mass is 296 g/mol. The second-order valence-electron chi connectivity index (χ2n) is 5.80. The van der Waals surface area contributed by atoms with Gasteiger partial charge in [0.2, 0.25) is 0 Å². The van der Waals surface area contributed by atoms with Crippen molar-refractivity contribution in [1.29, 1.82) is 0 Å². The van der Waals surface area contributed by atoms with E-state index < -0.39 is 4.33 Å². The molecule has 0 aromatic carbocycles. The van der Waals surface area contributed by atoms with E-state index in [-0.39, 0.29) is 5.38 Å². The molecule has 0 spiro atoms. The maximum Gasteiger partial charge on any atom is 0.125 e. The first kappa shape index (κ1) is 10.8. The SMILES string of the molecule is ClC1=C[C@H]2C[C@H]([C@@H]3C[C@@H]4[C@@H]([C@@H]32)C4(Cl)Cl)[C@H]1Cl. The Hall–Kier alpha value is 0.900. The Labute approximate surface area is 115 Å². The van der Waals surface area contributed by atoms with Crippen LogP contribution in [0, 0.1) is 35.5 Å². The lowest BCUT2D eigenvalue weighted by Gasteiger charge is -2.25. The van der Waals surface area contributed by atoms with Crippen LogP contribution in [0.4, 0.5) is 0 Å². The van der Waals surface area contributed by atoms with Crippen molar-refractivity contribution in [3.05, 3.63) is 11.1 Å². The summed E-state index contributed by atoms with van der Waals surface area (Å²) in [6.45, 7) is 0. The molecule has 0 unspecified atom stereocenters. The lowest BCUT2D eigenvalue weighted by Crippen LogP contribution is -2.23. The molecule has 0 saturated heterocycles. The average molecular weight is 298 g/mol. The van der Waals surface area contributed by atoms with Gasteiger partial charge in [-0.05, 0) is 42.4 Å². The third kappa shape index (κ3) is 1.11. The zero-order valence-corrected chi connectivity index (χ0v) is 11.6. The zero-order valence-electron chi connectivity index (χ0n) is 8.54. The summed E-state index contributed by atoms with van der Waals surface area (Å²) in [5.74, 6) is 3.50. The fraction of sp³-hybridized carbons (Fsp3) is 0.833. The molecule has 4 aliphatic rings. The topological polar surface area (TPSA) is 0 Å². The maximum absolute atomic E-state index is 6.39. The molecule has 2 bridgehead atoms. The lowest BCUT2D eigenvalue weighted by molar-refractivity contribution is 0.309. The standard InChI is InChI=1S/C12H12Cl4/c13-8-2-4-1-6(11(8)14)5-3-7-10(9(4)5)12(7,15)16/h2,4-7,9-11H,1,3H2/t4-,5+,6-,7-,9-,10+,11-/m1/s1. The van der Waals surface area contributed by atoms with Gasteiger partial charge in [-0.25, -0.2) is 0 Å². The molecule has 0 aliphatic heterocycles. The Bertz CT molecular complexity index is 388. The predicted octanol–water partition coefficient (Wildman–Crippen LogP) is 4.42. The Kier molecular flexibility index (Phi) is 2.07. The Morgan fingerprint density at radius 1 is 1.19 bits per heavy atom. The lowest BCUT2D eigenvalue weighted by atomic mass is 9.86. The minimum Gasteiger partial charge on any atom is -0.117 e. The third-order valence-electron chi connectivity index (χ3n) is 5.30. The molecule has 0 aromatic rings. The van der Waals surface area contributed by atoms with E-state index in [1.807, 2.05) is 0 Å². The molecule has 88 valence electrons. The number of hydrogen-bond acceptors (Lipinski definition) is 0. The van der Waals surface area contributed by atoms with E-state index in [9.17, 15) is 0 Å². The first-order chi connectivity index (χ1) is 7.51. The number of allylic oxidation sites excluding steroid dienone is 2. The van der Waals surface area contributed by atoms with E-state index in [0.29, 0.717) is 35.5 Å². The van der Waals surface area contributed by atoms with Crippen molar-refractivity contribution in [3.8, 4) is 0 Å². The largest absolute Gasteiger partial charge is 0.125 e. The fourth-order valence-electron chi connectivity index (χ4n) is 4.67. The smallest absolute Gasteiger partial charge is 0.117 e. The van der Waals surface area contributed by atoms with Crippen molar-refractivity contribution in [2.24, 2.45) is 35.5 Å². The van der Waals surface area contributed by atoms with Crippen molar-refractivity contribution in [2.75, 3.05) is 0 Å². The van der Waals surface area contributed by atoms with Crippen molar-refractivity contribution in [2.45, 2.75) is 22.6 Å². The van der Waals surface area contributed by atoms with Crippen molar-refractivity contribution in [3.63, 3.8) is 0 Å². The van der Waals surface area contributed by atoms with Crippen LogP contribution in [0.2, 0.25) is 0 Å². The molecule has 4 rings (SSSR count). The number of halogens is 4. The first-order valence-corrected chi connectivity index (χ1v) is 7.48. The summed E-state index contributed by atoms with van der Waals surface area (Å²) >= 11 is 25.2. The number of fused-ring (bicyclic) bond motifs is 7. The average Bonchev–Trinajstić information content (AvgIpc) is 2.63. The van der Waals surface area contributed by atoms with Gasteiger partial charge in [-0.15, -0.1) is 34.8 Å². The third-order valence-corrected chi connectivity index (χ3v) is 7.40. The normalized spacial score (nSPS) is 60.2. The van der Waals surface area contributed by atoms with E-state index in [2.05, 4.69) is 6.08 Å². The minimum absolute atomic E-state index is 0.0328. The maximum atomic E-state index is 6.39. The van der Waals surface area contributed by atoms with Gasteiger partial charge < -0.3 is 0 Å². The van der Waals surface area contributed by atoms with Gasteiger partial charge in [0, 0.05) is 11.0 Å². The highest BCUT2D eigenvalue weighted by molar-refractivity contribution is 6.51. The van der Waals surface area contributed by atoms with Gasteiger partial charge in [0.1, 0.15) is 4.33 Å². The van der Waals surface area contributed by atoms with Crippen molar-refractivity contribution < 1.29 is 0 Å². The van der Waals surface area contributed by atoms with E-state index in [1.54, 1.807) is 0 Å². The Balaban J connectivity index is 1.72. The molecule has 0 aromatic heterocycles. The van der Waals surface area contributed by atoms with Crippen LogP contribution < -0.4 is 0 Å². The van der Waals surface area contributed by atoms with Gasteiger partial charge in [0.25, 0.3) is 0 Å². The highest BCUT2D eigenvalue weighted by atomic mass is 35.5. The van der Waals surface area contributed by atoms with E-state index in [4.69, 9.17) is 46.4 Å². The summed E-state index contributed by atoms with van der Waals surface area (Å²) in [4.78, 5) is 0. The van der Waals surface area contributed by atoms with Crippen molar-refractivity contribution >= 4 is 46.4 Å². The quantitative estimate of drug-likeness (QED) is 0.581. The van der Waals surface area contributed by atoms with Gasteiger partial charge in [-0.3, -0.25) is 0 Å². The molecule has 3 fully saturated rings. The van der Waals surface area contributed by atoms with Gasteiger partial charge in [0.15, 0.2) is 0 Å². The first-order valence-electron chi connectivity index (χ1n) is 5.91. The second kappa shape index (κ2) is 3.07. The van der Waals surface area contributed by atoms with E-state index >= 15 is 0 Å². The summed E-state index contributed by atoms with van der Waals surface area (Å²) in [5, 5.41) is 0.884. The Morgan fingerprint density at radius 2 is 1.94 bits per heavy atom. The summed E-state index contributed by atoms with van der Waals surface area (Å²) in [6.07, 6.45) is 4.52. The molecular weight excluding hydrogens is 286 g/mol. The summed E-state index contributed by atoms with van der Waals surface area (Å²) in [5.41, 5.74) is 0. The van der Waals surface area contributed by atoms with Crippen LogP contribution in [-0.2, 0) is 0 Å². The van der Waals surface area contributed by atoms with Crippen LogP contribution in [0.1, 0.15) is 12.8 Å². The van der Waals surface area contributed by atoms with E-state index in [0.717, 1.165) is 11.5 Å². The summed E-state index contributed by atoms with van der Waals surface area (Å²) in [6, 6.07) is 0. The highest BCUT2D eigenvalue weighted by Gasteiger charge is 2.75.